The van der Waals surface area contributed by atoms with E-state index >= 15 is 0 Å². The van der Waals surface area contributed by atoms with Crippen LogP contribution in [0.15, 0.2) is 9.59 Å². The largest absolute Gasteiger partial charge is 0.329 e. The molecule has 8 nitrogen and oxygen atoms in total. The molecule has 1 N–H and O–H groups in total. The number of aromatic amines is 1. The van der Waals surface area contributed by atoms with Gasteiger partial charge in [0.05, 0.1) is 0 Å². The first-order valence-corrected chi connectivity index (χ1v) is 9.67. The third kappa shape index (κ3) is 2.82. The number of fused-ring (bicyclic) bond motifs is 3. The Morgan fingerprint density at radius 2 is 1.74 bits per heavy atom. The van der Waals surface area contributed by atoms with Crippen LogP contribution < -0.4 is 11.2 Å². The van der Waals surface area contributed by atoms with E-state index in [4.69, 9.17) is 0 Å². The normalized spacial score (nSPS) is 21.5. The van der Waals surface area contributed by atoms with E-state index in [0.29, 0.717) is 11.2 Å². The molecule has 0 aromatic carbocycles. The Balaban J connectivity index is 1.77. The maximum atomic E-state index is 12.4. The average molecular weight is 372 g/mol. The van der Waals surface area contributed by atoms with Gasteiger partial charge in [-0.25, -0.2) is 4.79 Å². The Morgan fingerprint density at radius 1 is 1.07 bits per heavy atom. The van der Waals surface area contributed by atoms with Crippen molar-refractivity contribution in [3.63, 3.8) is 0 Å². The molecule has 146 valence electrons. The molecule has 0 spiro atoms. The highest BCUT2D eigenvalue weighted by Crippen LogP contribution is 2.23. The predicted octanol–water partition coefficient (Wildman–Crippen LogP) is 1.27. The molecular weight excluding hydrogens is 344 g/mol. The molecule has 8 heteroatoms. The van der Waals surface area contributed by atoms with Gasteiger partial charge in [-0.05, 0) is 32.1 Å². The predicted molar refractivity (Wildman–Crippen MR) is 105 cm³/mol. The van der Waals surface area contributed by atoms with Crippen molar-refractivity contribution in [1.29, 1.82) is 0 Å². The number of imidazole rings is 2. The Labute approximate surface area is 157 Å². The zero-order valence-electron chi connectivity index (χ0n) is 16.7. The molecule has 0 aliphatic carbocycles. The molecule has 1 aliphatic rings. The van der Waals surface area contributed by atoms with Crippen LogP contribution in [0.2, 0.25) is 0 Å². The number of piperidine rings is 1. The van der Waals surface area contributed by atoms with Gasteiger partial charge in [0.25, 0.3) is 5.56 Å². The zero-order chi connectivity index (χ0) is 19.5. The highest BCUT2D eigenvalue weighted by atomic mass is 16.2. The van der Waals surface area contributed by atoms with Gasteiger partial charge in [-0.1, -0.05) is 13.8 Å². The van der Waals surface area contributed by atoms with Crippen molar-refractivity contribution in [2.24, 2.45) is 18.9 Å². The Kier molecular flexibility index (Phi) is 4.25. The summed E-state index contributed by atoms with van der Waals surface area (Å²) in [6.07, 6.45) is 1.30. The van der Waals surface area contributed by atoms with Crippen molar-refractivity contribution in [1.82, 2.24) is 28.4 Å². The minimum absolute atomic E-state index is 0.389. The molecule has 0 bridgehead atoms. The lowest BCUT2D eigenvalue weighted by atomic mass is 9.92. The van der Waals surface area contributed by atoms with E-state index in [1.54, 1.807) is 7.05 Å². The second kappa shape index (κ2) is 6.37. The van der Waals surface area contributed by atoms with Gasteiger partial charge in [0, 0.05) is 44.6 Å². The number of aryl methyl sites for hydroxylation is 2. The fourth-order valence-electron chi connectivity index (χ4n) is 4.66. The maximum absolute atomic E-state index is 12.4. The quantitative estimate of drug-likeness (QED) is 0.751. The van der Waals surface area contributed by atoms with Crippen LogP contribution in [0, 0.1) is 25.7 Å². The number of nitrogens with zero attached hydrogens (tertiary/aromatic N) is 5. The van der Waals surface area contributed by atoms with Gasteiger partial charge in [-0.3, -0.25) is 18.7 Å². The molecule has 3 aromatic rings. The minimum Gasteiger partial charge on any atom is -0.313 e. The Bertz CT molecular complexity index is 1120. The van der Waals surface area contributed by atoms with E-state index in [0.717, 1.165) is 55.2 Å². The molecule has 1 aliphatic heterocycles. The van der Waals surface area contributed by atoms with Crippen molar-refractivity contribution < 1.29 is 0 Å². The highest BCUT2D eigenvalue weighted by molar-refractivity contribution is 5.76. The zero-order valence-corrected chi connectivity index (χ0v) is 16.7. The summed E-state index contributed by atoms with van der Waals surface area (Å²) >= 11 is 0. The number of aromatic nitrogens is 5. The number of hydrogen-bond donors (Lipinski definition) is 1. The van der Waals surface area contributed by atoms with Gasteiger partial charge >= 0.3 is 5.69 Å². The molecule has 27 heavy (non-hydrogen) atoms. The summed E-state index contributed by atoms with van der Waals surface area (Å²) in [6, 6.07) is 0. The van der Waals surface area contributed by atoms with Gasteiger partial charge in [0.15, 0.2) is 11.2 Å². The molecule has 0 saturated carbocycles. The monoisotopic (exact) mass is 372 g/mol. The van der Waals surface area contributed by atoms with Gasteiger partial charge in [0.2, 0.25) is 5.78 Å². The molecule has 0 unspecified atom stereocenters. The van der Waals surface area contributed by atoms with Crippen LogP contribution in [-0.4, -0.2) is 48.0 Å². The maximum Gasteiger partial charge on any atom is 0.329 e. The topological polar surface area (TPSA) is 80.3 Å². The first kappa shape index (κ1) is 18.0. The van der Waals surface area contributed by atoms with Gasteiger partial charge in [-0.2, -0.15) is 4.98 Å². The van der Waals surface area contributed by atoms with Crippen molar-refractivity contribution in [3.8, 4) is 0 Å². The molecule has 1 saturated heterocycles. The fourth-order valence-corrected chi connectivity index (χ4v) is 4.66. The van der Waals surface area contributed by atoms with Crippen LogP contribution in [0.4, 0.5) is 0 Å². The molecular formula is C19H28N6O2. The number of H-pyrrole nitrogens is 1. The first-order chi connectivity index (χ1) is 12.8. The second-order valence-corrected chi connectivity index (χ2v) is 8.27. The van der Waals surface area contributed by atoms with Crippen molar-refractivity contribution >= 4 is 16.9 Å². The van der Waals surface area contributed by atoms with Crippen LogP contribution in [0.1, 0.15) is 31.7 Å². The highest BCUT2D eigenvalue weighted by Gasteiger charge is 2.23. The second-order valence-electron chi connectivity index (χ2n) is 8.27. The SMILES string of the molecule is Cc1c(C)n2c3c(=O)[nH]c(=O)n(C)c3nc2n1CCN1C[C@H](C)C[C@@H](C)C1. The van der Waals surface area contributed by atoms with Crippen LogP contribution >= 0.6 is 0 Å². The summed E-state index contributed by atoms with van der Waals surface area (Å²) in [5.41, 5.74) is 2.12. The first-order valence-electron chi connectivity index (χ1n) is 9.67. The molecule has 1 fully saturated rings. The number of hydrogen-bond acceptors (Lipinski definition) is 4. The molecule has 2 atom stereocenters. The lowest BCUT2D eigenvalue weighted by Gasteiger charge is -2.35. The van der Waals surface area contributed by atoms with Gasteiger partial charge in [0.1, 0.15) is 0 Å². The molecule has 4 rings (SSSR count). The van der Waals surface area contributed by atoms with E-state index in [1.165, 1.54) is 11.0 Å². The minimum atomic E-state index is -0.439. The number of likely N-dealkylation sites (tertiary alicyclic amines) is 1. The summed E-state index contributed by atoms with van der Waals surface area (Å²) in [7, 11) is 1.64. The molecule has 0 amide bonds. The smallest absolute Gasteiger partial charge is 0.313 e. The average Bonchev–Trinajstić information content (AvgIpc) is 3.08. The number of nitrogens with one attached hydrogen (secondary N) is 1. The van der Waals surface area contributed by atoms with Gasteiger partial charge in [-0.15, -0.1) is 0 Å². The van der Waals surface area contributed by atoms with E-state index in [9.17, 15) is 9.59 Å². The van der Waals surface area contributed by atoms with Crippen molar-refractivity contribution in [2.75, 3.05) is 19.6 Å². The van der Waals surface area contributed by atoms with Gasteiger partial charge < -0.3 is 9.47 Å². The summed E-state index contributed by atoms with van der Waals surface area (Å²) in [6.45, 7) is 12.7. The van der Waals surface area contributed by atoms with E-state index in [2.05, 4.69) is 40.2 Å². The third-order valence-corrected chi connectivity index (χ3v) is 5.99. The van der Waals surface area contributed by atoms with Crippen molar-refractivity contribution in [3.05, 3.63) is 32.2 Å². The molecule has 3 aromatic heterocycles. The van der Waals surface area contributed by atoms with Crippen LogP contribution in [0.25, 0.3) is 16.9 Å². The van der Waals surface area contributed by atoms with E-state index < -0.39 is 5.69 Å². The van der Waals surface area contributed by atoms with E-state index in [-0.39, 0.29) is 5.56 Å². The van der Waals surface area contributed by atoms with Crippen LogP contribution in [-0.2, 0) is 13.6 Å². The summed E-state index contributed by atoms with van der Waals surface area (Å²) in [5, 5.41) is 0. The molecule has 0 radical (unpaired) electrons. The van der Waals surface area contributed by atoms with E-state index in [1.807, 2.05) is 11.3 Å². The number of rotatable bonds is 3. The van der Waals surface area contributed by atoms with Crippen molar-refractivity contribution in [2.45, 2.75) is 40.7 Å². The molecule has 4 heterocycles. The summed E-state index contributed by atoms with van der Waals surface area (Å²) in [5.74, 6) is 2.18. The summed E-state index contributed by atoms with van der Waals surface area (Å²) < 4.78 is 5.45. The lowest BCUT2D eigenvalue weighted by Crippen LogP contribution is -2.40. The van der Waals surface area contributed by atoms with Crippen LogP contribution in [0.3, 0.4) is 0 Å². The van der Waals surface area contributed by atoms with Crippen LogP contribution in [0.5, 0.6) is 0 Å². The third-order valence-electron chi connectivity index (χ3n) is 5.99. The standard InChI is InChI=1S/C19H28N6O2/c1-11-8-12(2)10-23(9-11)6-7-24-13(3)14(4)25-15-16(20-18(24)25)22(5)19(27)21-17(15)26/h11-12H,6-10H2,1-5H3,(H,21,26,27)/t11-,12-/m1/s1. The Morgan fingerprint density at radius 3 is 2.41 bits per heavy atom. The summed E-state index contributed by atoms with van der Waals surface area (Å²) in [4.78, 5) is 33.9. The lowest BCUT2D eigenvalue weighted by molar-refractivity contribution is 0.137. The Hall–Kier alpha value is -2.35. The fraction of sp³-hybridized carbons (Fsp3) is 0.632.